The number of carbonyl (C=O) groups is 1. The molecule has 0 spiro atoms. The van der Waals surface area contributed by atoms with Crippen LogP contribution in [0.3, 0.4) is 0 Å². The summed E-state index contributed by atoms with van der Waals surface area (Å²) in [5.74, 6) is 0. The normalized spacial score (nSPS) is 23.1. The Morgan fingerprint density at radius 2 is 2.16 bits per heavy atom. The molecule has 0 aromatic heterocycles. The first-order valence-electron chi connectivity index (χ1n) is 6.54. The van der Waals surface area contributed by atoms with Crippen LogP contribution < -0.4 is 11.1 Å². The molecule has 104 valence electrons. The lowest BCUT2D eigenvalue weighted by Crippen LogP contribution is -2.54. The summed E-state index contributed by atoms with van der Waals surface area (Å²) in [7, 11) is 0. The largest absolute Gasteiger partial charge is 0.351 e. The Kier molecular flexibility index (Phi) is 4.37. The van der Waals surface area contributed by atoms with Gasteiger partial charge in [0.25, 0.3) is 0 Å². The molecule has 1 aliphatic heterocycles. The number of primary amides is 1. The molecule has 3 N–H and O–H groups in total. The molecular formula is C14H20FN3O. The Balaban J connectivity index is 2.11. The number of benzene rings is 1. The molecule has 1 heterocycles. The van der Waals surface area contributed by atoms with E-state index in [9.17, 15) is 9.18 Å². The van der Waals surface area contributed by atoms with E-state index < -0.39 is 18.2 Å². The van der Waals surface area contributed by atoms with E-state index in [0.29, 0.717) is 19.5 Å². The number of nitrogens with two attached hydrogens (primary N) is 1. The van der Waals surface area contributed by atoms with Crippen molar-refractivity contribution in [3.05, 3.63) is 35.4 Å². The SMILES string of the molecule is Cc1ccc(CN(C(N)=O)C2CCNCC2F)cc1. The van der Waals surface area contributed by atoms with E-state index >= 15 is 0 Å². The molecule has 0 saturated carbocycles. The maximum Gasteiger partial charge on any atom is 0.315 e. The minimum absolute atomic E-state index is 0.280. The third-order valence-corrected chi connectivity index (χ3v) is 3.53. The highest BCUT2D eigenvalue weighted by atomic mass is 19.1. The summed E-state index contributed by atoms with van der Waals surface area (Å²) in [6.45, 7) is 3.35. The van der Waals surface area contributed by atoms with E-state index in [0.717, 1.165) is 11.1 Å². The van der Waals surface area contributed by atoms with Crippen LogP contribution in [0.15, 0.2) is 24.3 Å². The zero-order valence-electron chi connectivity index (χ0n) is 11.1. The number of hydrogen-bond acceptors (Lipinski definition) is 2. The molecule has 1 aromatic rings. The van der Waals surface area contributed by atoms with Crippen LogP contribution in [0.2, 0.25) is 0 Å². The molecule has 1 saturated heterocycles. The molecule has 5 heteroatoms. The lowest BCUT2D eigenvalue weighted by Gasteiger charge is -2.35. The van der Waals surface area contributed by atoms with Gasteiger partial charge in [-0.2, -0.15) is 0 Å². The van der Waals surface area contributed by atoms with Crippen molar-refractivity contribution in [3.8, 4) is 0 Å². The monoisotopic (exact) mass is 265 g/mol. The van der Waals surface area contributed by atoms with Crippen LogP contribution in [0.1, 0.15) is 17.5 Å². The van der Waals surface area contributed by atoms with E-state index in [4.69, 9.17) is 5.73 Å². The molecule has 2 atom stereocenters. The third kappa shape index (κ3) is 3.44. The molecule has 19 heavy (non-hydrogen) atoms. The van der Waals surface area contributed by atoms with Gasteiger partial charge in [0, 0.05) is 13.1 Å². The molecule has 0 aliphatic carbocycles. The number of carbonyl (C=O) groups excluding carboxylic acids is 1. The summed E-state index contributed by atoms with van der Waals surface area (Å²) in [5, 5.41) is 2.98. The third-order valence-electron chi connectivity index (χ3n) is 3.53. The van der Waals surface area contributed by atoms with Crippen LogP contribution in [-0.2, 0) is 6.54 Å². The molecule has 1 fully saturated rings. The highest BCUT2D eigenvalue weighted by Gasteiger charge is 2.32. The van der Waals surface area contributed by atoms with E-state index in [2.05, 4.69) is 5.32 Å². The van der Waals surface area contributed by atoms with Crippen molar-refractivity contribution < 1.29 is 9.18 Å². The summed E-state index contributed by atoms with van der Waals surface area (Å²) < 4.78 is 13.9. The molecule has 2 rings (SSSR count). The van der Waals surface area contributed by atoms with Gasteiger partial charge < -0.3 is 16.0 Å². The lowest BCUT2D eigenvalue weighted by atomic mass is 10.0. The maximum absolute atomic E-state index is 13.9. The maximum atomic E-state index is 13.9. The number of piperidine rings is 1. The molecule has 4 nitrogen and oxygen atoms in total. The number of aryl methyl sites for hydroxylation is 1. The number of alkyl halides is 1. The van der Waals surface area contributed by atoms with Gasteiger partial charge in [-0.3, -0.25) is 0 Å². The van der Waals surface area contributed by atoms with Crippen molar-refractivity contribution in [3.63, 3.8) is 0 Å². The molecule has 2 amide bonds. The standard InChI is InChI=1S/C14H20FN3O/c1-10-2-4-11(5-3-10)9-18(14(16)19)13-6-7-17-8-12(13)15/h2-5,12-13,17H,6-9H2,1H3,(H2,16,19). The fourth-order valence-electron chi connectivity index (χ4n) is 2.41. The van der Waals surface area contributed by atoms with Crippen molar-refractivity contribution in [2.75, 3.05) is 13.1 Å². The van der Waals surface area contributed by atoms with Gasteiger partial charge in [0.05, 0.1) is 6.04 Å². The topological polar surface area (TPSA) is 58.4 Å². The Hall–Kier alpha value is -1.62. The van der Waals surface area contributed by atoms with E-state index in [1.54, 1.807) is 0 Å². The first-order chi connectivity index (χ1) is 9.08. The van der Waals surface area contributed by atoms with Gasteiger partial charge in [-0.25, -0.2) is 9.18 Å². The quantitative estimate of drug-likeness (QED) is 0.871. The summed E-state index contributed by atoms with van der Waals surface area (Å²) >= 11 is 0. The van der Waals surface area contributed by atoms with Crippen molar-refractivity contribution in [2.45, 2.75) is 32.1 Å². The summed E-state index contributed by atoms with van der Waals surface area (Å²) in [6, 6.07) is 6.85. The van der Waals surface area contributed by atoms with Crippen molar-refractivity contribution in [2.24, 2.45) is 5.73 Å². The Labute approximate surface area is 112 Å². The van der Waals surface area contributed by atoms with Gasteiger partial charge in [0.15, 0.2) is 0 Å². The number of rotatable bonds is 3. The second kappa shape index (κ2) is 6.02. The Morgan fingerprint density at radius 1 is 1.47 bits per heavy atom. The second-order valence-corrected chi connectivity index (χ2v) is 5.03. The number of hydrogen-bond donors (Lipinski definition) is 2. The number of nitrogens with one attached hydrogen (secondary N) is 1. The fourth-order valence-corrected chi connectivity index (χ4v) is 2.41. The summed E-state index contributed by atoms with van der Waals surface area (Å²) in [4.78, 5) is 13.0. The van der Waals surface area contributed by atoms with Crippen LogP contribution in [-0.4, -0.2) is 36.2 Å². The lowest BCUT2D eigenvalue weighted by molar-refractivity contribution is 0.102. The van der Waals surface area contributed by atoms with E-state index in [1.165, 1.54) is 4.90 Å². The predicted octanol–water partition coefficient (Wildman–Crippen LogP) is 1.58. The van der Waals surface area contributed by atoms with Crippen molar-refractivity contribution in [1.82, 2.24) is 10.2 Å². The van der Waals surface area contributed by atoms with Crippen molar-refractivity contribution in [1.29, 1.82) is 0 Å². The summed E-state index contributed by atoms with van der Waals surface area (Å²) in [5.41, 5.74) is 7.53. The zero-order valence-corrected chi connectivity index (χ0v) is 11.1. The minimum Gasteiger partial charge on any atom is -0.351 e. The molecule has 1 aliphatic rings. The molecular weight excluding hydrogens is 245 g/mol. The van der Waals surface area contributed by atoms with Crippen LogP contribution in [0.4, 0.5) is 9.18 Å². The highest BCUT2D eigenvalue weighted by Crippen LogP contribution is 2.18. The van der Waals surface area contributed by atoms with E-state index in [-0.39, 0.29) is 6.54 Å². The Bertz CT molecular complexity index is 435. The number of halogens is 1. The first-order valence-corrected chi connectivity index (χ1v) is 6.54. The number of amides is 2. The zero-order chi connectivity index (χ0) is 13.8. The summed E-state index contributed by atoms with van der Waals surface area (Å²) in [6.07, 6.45) is -0.470. The van der Waals surface area contributed by atoms with Gasteiger partial charge in [0.2, 0.25) is 0 Å². The molecule has 1 aromatic carbocycles. The van der Waals surface area contributed by atoms with Gasteiger partial charge in [0.1, 0.15) is 6.17 Å². The van der Waals surface area contributed by atoms with Gasteiger partial charge in [-0.15, -0.1) is 0 Å². The molecule has 2 unspecified atom stereocenters. The van der Waals surface area contributed by atoms with Crippen LogP contribution >= 0.6 is 0 Å². The van der Waals surface area contributed by atoms with Crippen LogP contribution in [0.5, 0.6) is 0 Å². The predicted molar refractivity (Wildman–Crippen MR) is 72.5 cm³/mol. The van der Waals surface area contributed by atoms with Gasteiger partial charge in [-0.05, 0) is 25.5 Å². The minimum atomic E-state index is -1.06. The average Bonchev–Trinajstić information content (AvgIpc) is 2.39. The Morgan fingerprint density at radius 3 is 2.74 bits per heavy atom. The van der Waals surface area contributed by atoms with Crippen LogP contribution in [0.25, 0.3) is 0 Å². The number of urea groups is 1. The average molecular weight is 265 g/mol. The molecule has 0 radical (unpaired) electrons. The molecule has 0 bridgehead atoms. The first kappa shape index (κ1) is 13.8. The highest BCUT2D eigenvalue weighted by molar-refractivity contribution is 5.72. The fraction of sp³-hybridized carbons (Fsp3) is 0.500. The van der Waals surface area contributed by atoms with Gasteiger partial charge >= 0.3 is 6.03 Å². The smallest absolute Gasteiger partial charge is 0.315 e. The number of nitrogens with zero attached hydrogens (tertiary/aromatic N) is 1. The second-order valence-electron chi connectivity index (χ2n) is 5.03. The van der Waals surface area contributed by atoms with Crippen LogP contribution in [0, 0.1) is 6.92 Å². The van der Waals surface area contributed by atoms with E-state index in [1.807, 2.05) is 31.2 Å². The van der Waals surface area contributed by atoms with Crippen molar-refractivity contribution >= 4 is 6.03 Å². The van der Waals surface area contributed by atoms with Gasteiger partial charge in [-0.1, -0.05) is 29.8 Å².